The number of carbonyl (C=O) groups excluding carboxylic acids is 2. The van der Waals surface area contributed by atoms with Crippen LogP contribution in [-0.4, -0.2) is 40.9 Å². The number of aliphatic hydroxyl groups is 1. The highest BCUT2D eigenvalue weighted by molar-refractivity contribution is 5.98. The van der Waals surface area contributed by atoms with Crippen molar-refractivity contribution in [2.75, 3.05) is 13.1 Å². The molecule has 1 N–H and O–H groups in total. The van der Waals surface area contributed by atoms with Crippen LogP contribution in [0.2, 0.25) is 0 Å². The van der Waals surface area contributed by atoms with Crippen molar-refractivity contribution >= 4 is 11.7 Å². The third kappa shape index (κ3) is 3.45. The van der Waals surface area contributed by atoms with Crippen molar-refractivity contribution < 1.29 is 14.7 Å². The molecule has 0 saturated carbocycles. The van der Waals surface area contributed by atoms with E-state index in [1.54, 1.807) is 4.90 Å². The fraction of sp³-hybridized carbons (Fsp3) is 0.500. The van der Waals surface area contributed by atoms with E-state index < -0.39 is 6.10 Å². The molecule has 20 heavy (non-hydrogen) atoms. The fourth-order valence-corrected chi connectivity index (χ4v) is 2.41. The second-order valence-electron chi connectivity index (χ2n) is 5.50. The summed E-state index contributed by atoms with van der Waals surface area (Å²) >= 11 is 0. The van der Waals surface area contributed by atoms with Crippen LogP contribution in [0.25, 0.3) is 0 Å². The van der Waals surface area contributed by atoms with Crippen molar-refractivity contribution in [3.8, 4) is 0 Å². The van der Waals surface area contributed by atoms with Crippen molar-refractivity contribution in [2.24, 2.45) is 0 Å². The summed E-state index contributed by atoms with van der Waals surface area (Å²) in [5.41, 5.74) is 2.91. The van der Waals surface area contributed by atoms with Crippen molar-refractivity contribution in [2.45, 2.75) is 39.2 Å². The van der Waals surface area contributed by atoms with Crippen molar-refractivity contribution in [3.05, 3.63) is 34.9 Å². The van der Waals surface area contributed by atoms with E-state index in [1.165, 1.54) is 0 Å². The minimum atomic E-state index is -0.408. The number of β-amino-alcohol motifs (C(OH)–C–C–N with tert-alkyl or cyclic N) is 1. The molecule has 4 heteroatoms. The SMILES string of the molecule is Cc1ccc(C(=O)CCC(=O)N2CC[C@@H](O)C2)cc1C. The molecule has 1 fully saturated rings. The summed E-state index contributed by atoms with van der Waals surface area (Å²) in [4.78, 5) is 25.6. The molecule has 1 aromatic carbocycles. The van der Waals surface area contributed by atoms with Gasteiger partial charge in [0.05, 0.1) is 6.10 Å². The Hall–Kier alpha value is -1.68. The number of nitrogens with zero attached hydrogens (tertiary/aromatic N) is 1. The molecule has 1 amide bonds. The number of hydrogen-bond donors (Lipinski definition) is 1. The van der Waals surface area contributed by atoms with E-state index in [9.17, 15) is 14.7 Å². The maximum Gasteiger partial charge on any atom is 0.223 e. The molecule has 0 bridgehead atoms. The number of ketones is 1. The van der Waals surface area contributed by atoms with E-state index >= 15 is 0 Å². The molecule has 1 heterocycles. The van der Waals surface area contributed by atoms with Gasteiger partial charge in [0.25, 0.3) is 0 Å². The number of carbonyl (C=O) groups is 2. The van der Waals surface area contributed by atoms with Gasteiger partial charge in [0.2, 0.25) is 5.91 Å². The van der Waals surface area contributed by atoms with Crippen molar-refractivity contribution in [1.29, 1.82) is 0 Å². The molecule has 0 unspecified atom stereocenters. The maximum absolute atomic E-state index is 12.1. The van der Waals surface area contributed by atoms with E-state index in [1.807, 2.05) is 32.0 Å². The van der Waals surface area contributed by atoms with Gasteiger partial charge in [-0.15, -0.1) is 0 Å². The van der Waals surface area contributed by atoms with Crippen LogP contribution in [0.4, 0.5) is 0 Å². The van der Waals surface area contributed by atoms with E-state index in [0.717, 1.165) is 11.1 Å². The predicted molar refractivity (Wildman–Crippen MR) is 76.7 cm³/mol. The minimum absolute atomic E-state index is 0.00111. The Labute approximate surface area is 119 Å². The summed E-state index contributed by atoms with van der Waals surface area (Å²) in [6.07, 6.45) is 0.679. The lowest BCUT2D eigenvalue weighted by Crippen LogP contribution is -2.29. The molecule has 1 saturated heterocycles. The standard InChI is InChI=1S/C16H21NO3/c1-11-3-4-13(9-12(11)2)15(19)5-6-16(20)17-8-7-14(18)10-17/h3-4,9,14,18H,5-8,10H2,1-2H3/t14-/m1/s1. The summed E-state index contributed by atoms with van der Waals surface area (Å²) in [6, 6.07) is 5.62. The van der Waals surface area contributed by atoms with E-state index in [0.29, 0.717) is 25.1 Å². The van der Waals surface area contributed by atoms with Crippen LogP contribution in [0.3, 0.4) is 0 Å². The number of hydrogen-bond acceptors (Lipinski definition) is 3. The Balaban J connectivity index is 1.88. The van der Waals surface area contributed by atoms with Crippen molar-refractivity contribution in [3.63, 3.8) is 0 Å². The van der Waals surface area contributed by atoms with Crippen LogP contribution in [0.5, 0.6) is 0 Å². The smallest absolute Gasteiger partial charge is 0.223 e. The zero-order valence-corrected chi connectivity index (χ0v) is 12.1. The minimum Gasteiger partial charge on any atom is -0.391 e. The Bertz CT molecular complexity index is 524. The highest BCUT2D eigenvalue weighted by atomic mass is 16.3. The van der Waals surface area contributed by atoms with Gasteiger partial charge in [-0.25, -0.2) is 0 Å². The second-order valence-corrected chi connectivity index (χ2v) is 5.50. The van der Waals surface area contributed by atoms with Crippen LogP contribution >= 0.6 is 0 Å². The van der Waals surface area contributed by atoms with Gasteiger partial charge < -0.3 is 10.0 Å². The number of amides is 1. The van der Waals surface area contributed by atoms with Gasteiger partial charge in [0.1, 0.15) is 0 Å². The first kappa shape index (κ1) is 14.7. The van der Waals surface area contributed by atoms with Gasteiger partial charge in [0, 0.05) is 31.5 Å². The van der Waals surface area contributed by atoms with Gasteiger partial charge in [-0.1, -0.05) is 12.1 Å². The van der Waals surface area contributed by atoms with E-state index in [4.69, 9.17) is 0 Å². The maximum atomic E-state index is 12.1. The predicted octanol–water partition coefficient (Wildman–Crippen LogP) is 1.86. The fourth-order valence-electron chi connectivity index (χ4n) is 2.41. The molecule has 108 valence electrons. The molecule has 0 radical (unpaired) electrons. The van der Waals surface area contributed by atoms with Gasteiger partial charge in [0.15, 0.2) is 5.78 Å². The Morgan fingerprint density at radius 3 is 2.60 bits per heavy atom. The molecule has 1 aliphatic rings. The van der Waals surface area contributed by atoms with Crippen LogP contribution in [0.15, 0.2) is 18.2 Å². The van der Waals surface area contributed by atoms with Gasteiger partial charge >= 0.3 is 0 Å². The summed E-state index contributed by atoms with van der Waals surface area (Å²) in [5, 5.41) is 9.40. The van der Waals surface area contributed by atoms with E-state index in [2.05, 4.69) is 0 Å². The third-order valence-corrected chi connectivity index (χ3v) is 3.91. The van der Waals surface area contributed by atoms with Gasteiger partial charge in [-0.3, -0.25) is 9.59 Å². The lowest BCUT2D eigenvalue weighted by molar-refractivity contribution is -0.130. The average molecular weight is 275 g/mol. The Kier molecular flexibility index (Phi) is 4.55. The number of rotatable bonds is 4. The summed E-state index contributed by atoms with van der Waals surface area (Å²) in [7, 11) is 0. The Morgan fingerprint density at radius 2 is 2.00 bits per heavy atom. The summed E-state index contributed by atoms with van der Waals surface area (Å²) in [5.74, 6) is -0.0417. The lowest BCUT2D eigenvalue weighted by atomic mass is 10.0. The first-order valence-electron chi connectivity index (χ1n) is 7.03. The largest absolute Gasteiger partial charge is 0.391 e. The molecule has 0 aromatic heterocycles. The molecule has 0 aliphatic carbocycles. The number of aryl methyl sites for hydroxylation is 2. The first-order chi connectivity index (χ1) is 9.47. The topological polar surface area (TPSA) is 57.6 Å². The molecule has 2 rings (SSSR count). The van der Waals surface area contributed by atoms with Crippen LogP contribution in [-0.2, 0) is 4.79 Å². The van der Waals surface area contributed by atoms with Crippen LogP contribution < -0.4 is 0 Å². The van der Waals surface area contributed by atoms with Crippen LogP contribution in [0, 0.1) is 13.8 Å². The molecule has 1 aliphatic heterocycles. The Morgan fingerprint density at radius 1 is 1.25 bits per heavy atom. The van der Waals surface area contributed by atoms with Crippen LogP contribution in [0.1, 0.15) is 40.7 Å². The highest BCUT2D eigenvalue weighted by Crippen LogP contribution is 2.14. The van der Waals surface area contributed by atoms with Gasteiger partial charge in [-0.2, -0.15) is 0 Å². The second kappa shape index (κ2) is 6.18. The number of Topliss-reactive ketones (excluding diaryl/α,β-unsaturated/α-hetero) is 1. The zero-order valence-electron chi connectivity index (χ0n) is 12.1. The molecular formula is C16H21NO3. The lowest BCUT2D eigenvalue weighted by Gasteiger charge is -2.15. The molecule has 1 atom stereocenters. The summed E-state index contributed by atoms with van der Waals surface area (Å²) in [6.45, 7) is 4.98. The van der Waals surface area contributed by atoms with Crippen molar-refractivity contribution in [1.82, 2.24) is 4.90 Å². The normalized spacial score (nSPS) is 18.4. The molecule has 0 spiro atoms. The quantitative estimate of drug-likeness (QED) is 0.853. The number of likely N-dealkylation sites (tertiary alicyclic amines) is 1. The number of aliphatic hydroxyl groups excluding tert-OH is 1. The molecule has 1 aromatic rings. The van der Waals surface area contributed by atoms with Gasteiger partial charge in [-0.05, 0) is 37.5 Å². The average Bonchev–Trinajstić information content (AvgIpc) is 2.85. The molecular weight excluding hydrogens is 254 g/mol. The third-order valence-electron chi connectivity index (χ3n) is 3.91. The summed E-state index contributed by atoms with van der Waals surface area (Å²) < 4.78 is 0. The highest BCUT2D eigenvalue weighted by Gasteiger charge is 2.24. The monoisotopic (exact) mass is 275 g/mol. The first-order valence-corrected chi connectivity index (χ1v) is 7.03. The number of benzene rings is 1. The van der Waals surface area contributed by atoms with E-state index in [-0.39, 0.29) is 24.5 Å². The zero-order chi connectivity index (χ0) is 14.7. The molecule has 4 nitrogen and oxygen atoms in total.